The van der Waals surface area contributed by atoms with Crippen molar-refractivity contribution in [3.8, 4) is 6.07 Å². The number of unbranched alkanes of at least 4 members (excludes halogenated alkanes) is 1. The third kappa shape index (κ3) is 4.96. The van der Waals surface area contributed by atoms with Gasteiger partial charge in [0.1, 0.15) is 11.6 Å². The van der Waals surface area contributed by atoms with Crippen molar-refractivity contribution < 1.29 is 9.59 Å². The van der Waals surface area contributed by atoms with E-state index in [0.29, 0.717) is 11.3 Å². The molecule has 4 aliphatic rings. The van der Waals surface area contributed by atoms with Crippen LogP contribution in [-0.2, 0) is 16.0 Å². The Balaban J connectivity index is 0.000000146. The summed E-state index contributed by atoms with van der Waals surface area (Å²) >= 11 is 0. The molecule has 2 aliphatic carbocycles. The van der Waals surface area contributed by atoms with Crippen LogP contribution < -0.4 is 0 Å². The highest BCUT2D eigenvalue weighted by atomic mass is 16.2. The summed E-state index contributed by atoms with van der Waals surface area (Å²) in [7, 11) is 0. The number of amides is 2. The number of nitrogens with one attached hydrogen (secondary N) is 1. The van der Waals surface area contributed by atoms with Gasteiger partial charge in [0.2, 0.25) is 0 Å². The Morgan fingerprint density at radius 2 is 1.11 bits per heavy atom. The normalized spacial score (nSPS) is 14.5. The minimum atomic E-state index is -0.422. The summed E-state index contributed by atoms with van der Waals surface area (Å²) in [6.45, 7) is 2.90. The molecule has 5 aromatic rings. The summed E-state index contributed by atoms with van der Waals surface area (Å²) in [5, 5.41) is 19.6. The molecule has 9 rings (SSSR count). The van der Waals surface area contributed by atoms with E-state index in [0.717, 1.165) is 70.0 Å². The lowest BCUT2D eigenvalue weighted by atomic mass is 9.96. The van der Waals surface area contributed by atoms with E-state index in [1.54, 1.807) is 5.87 Å². The quantitative estimate of drug-likeness (QED) is 0.160. The van der Waals surface area contributed by atoms with Crippen molar-refractivity contribution in [2.24, 2.45) is 9.98 Å². The first-order valence-electron chi connectivity index (χ1n) is 15.5. The van der Waals surface area contributed by atoms with Crippen LogP contribution in [0.3, 0.4) is 0 Å². The number of carbonyl (C=O) groups excluding carboxylic acids is 2. The van der Waals surface area contributed by atoms with Crippen molar-refractivity contribution in [1.82, 2.24) is 0 Å². The molecule has 224 valence electrons. The third-order valence-corrected chi connectivity index (χ3v) is 8.88. The molecule has 1 N–H and O–H groups in total. The lowest BCUT2D eigenvalue weighted by Gasteiger charge is -2.06. The monoisotopic (exact) mass is 608 g/mol. The van der Waals surface area contributed by atoms with Crippen LogP contribution in [0.5, 0.6) is 0 Å². The van der Waals surface area contributed by atoms with Crippen LogP contribution in [0.1, 0.15) is 47.1 Å². The first kappa shape index (κ1) is 29.4. The molecule has 0 spiro atoms. The van der Waals surface area contributed by atoms with E-state index >= 15 is 0 Å². The van der Waals surface area contributed by atoms with E-state index < -0.39 is 5.91 Å². The molecule has 47 heavy (non-hydrogen) atoms. The SMILES string of the molecule is C=C=N.N#CC1=C2C(=NC1=O)c1cccc3cccc2c13.O=C1N=C2C(=C1CCCCc1ccccc1)c1cccc3cccc2c13. The van der Waals surface area contributed by atoms with Gasteiger partial charge < -0.3 is 0 Å². The average Bonchev–Trinajstić information content (AvgIpc) is 3.80. The van der Waals surface area contributed by atoms with Crippen molar-refractivity contribution >= 4 is 61.8 Å². The number of benzene rings is 5. The molecule has 0 fully saturated rings. The number of nitrogens with zero attached hydrogens (tertiary/aromatic N) is 3. The summed E-state index contributed by atoms with van der Waals surface area (Å²) in [4.78, 5) is 32.7. The summed E-state index contributed by atoms with van der Waals surface area (Å²) in [5.74, 6) is 1.29. The van der Waals surface area contributed by atoms with Crippen molar-refractivity contribution in [2.45, 2.75) is 25.7 Å². The molecule has 0 radical (unpaired) electrons. The van der Waals surface area contributed by atoms with Crippen LogP contribution >= 0.6 is 0 Å². The number of fused-ring (bicyclic) bond motifs is 6. The number of hydrogen-bond donors (Lipinski definition) is 1. The Morgan fingerprint density at radius 1 is 0.617 bits per heavy atom. The summed E-state index contributed by atoms with van der Waals surface area (Å²) in [6.07, 6.45) is 3.95. The largest absolute Gasteiger partial charge is 0.288 e. The van der Waals surface area contributed by atoms with Gasteiger partial charge in [-0.3, -0.25) is 15.0 Å². The number of rotatable bonds is 5. The minimum absolute atomic E-state index is 0.0405. The van der Waals surface area contributed by atoms with Gasteiger partial charge in [0.15, 0.2) is 0 Å². The lowest BCUT2D eigenvalue weighted by molar-refractivity contribution is -0.114. The van der Waals surface area contributed by atoms with Crippen LogP contribution in [0.15, 0.2) is 131 Å². The molecule has 5 aromatic carbocycles. The zero-order valence-electron chi connectivity index (χ0n) is 25.5. The molecule has 0 aromatic heterocycles. The Bertz CT molecular complexity index is 2350. The number of nitriles is 1. The van der Waals surface area contributed by atoms with Gasteiger partial charge in [-0.25, -0.2) is 9.98 Å². The number of carbonyl (C=O) groups is 2. The molecule has 0 atom stereocenters. The summed E-state index contributed by atoms with van der Waals surface area (Å²) in [5.41, 5.74) is 9.95. The molecule has 0 bridgehead atoms. The van der Waals surface area contributed by atoms with Crippen LogP contribution in [0.4, 0.5) is 0 Å². The van der Waals surface area contributed by atoms with Gasteiger partial charge in [-0.1, -0.05) is 103 Å². The first-order chi connectivity index (χ1) is 23.0. The zero-order valence-corrected chi connectivity index (χ0v) is 25.5. The number of aliphatic imine (C=N–C) groups is 2. The molecule has 6 nitrogen and oxygen atoms in total. The molecule has 0 saturated carbocycles. The van der Waals surface area contributed by atoms with Gasteiger partial charge >= 0.3 is 0 Å². The maximum atomic E-state index is 12.5. The van der Waals surface area contributed by atoms with Gasteiger partial charge in [0, 0.05) is 27.8 Å². The van der Waals surface area contributed by atoms with Gasteiger partial charge in [-0.15, -0.1) is 0 Å². The predicted octanol–water partition coefficient (Wildman–Crippen LogP) is 8.23. The Morgan fingerprint density at radius 3 is 1.68 bits per heavy atom. The second-order valence-electron chi connectivity index (χ2n) is 11.5. The van der Waals surface area contributed by atoms with Gasteiger partial charge in [0.05, 0.1) is 11.4 Å². The van der Waals surface area contributed by atoms with Crippen molar-refractivity contribution in [2.75, 3.05) is 0 Å². The van der Waals surface area contributed by atoms with Crippen molar-refractivity contribution in [1.29, 1.82) is 10.7 Å². The highest BCUT2D eigenvalue weighted by Crippen LogP contribution is 2.44. The third-order valence-electron chi connectivity index (χ3n) is 8.88. The van der Waals surface area contributed by atoms with E-state index in [1.807, 2.05) is 48.5 Å². The molecule has 2 aliphatic heterocycles. The number of hydrogen-bond acceptors (Lipinski definition) is 4. The van der Waals surface area contributed by atoms with E-state index in [4.69, 9.17) is 10.7 Å². The van der Waals surface area contributed by atoms with Gasteiger partial charge in [0.25, 0.3) is 11.8 Å². The second-order valence-corrected chi connectivity index (χ2v) is 11.5. The maximum absolute atomic E-state index is 12.5. The predicted molar refractivity (Wildman–Crippen MR) is 188 cm³/mol. The zero-order chi connectivity index (χ0) is 32.5. The van der Waals surface area contributed by atoms with E-state index in [2.05, 4.69) is 77.2 Å². The molecule has 0 unspecified atom stereocenters. The number of aryl methyl sites for hydroxylation is 1. The Labute approximate surface area is 271 Å². The fourth-order valence-corrected chi connectivity index (χ4v) is 6.96. The first-order valence-corrected chi connectivity index (χ1v) is 15.5. The van der Waals surface area contributed by atoms with Crippen LogP contribution in [0.2, 0.25) is 0 Å². The molecular formula is C41H28N4O2. The van der Waals surface area contributed by atoms with Crippen molar-refractivity contribution in [3.05, 3.63) is 149 Å². The van der Waals surface area contributed by atoms with Crippen LogP contribution in [0, 0.1) is 16.7 Å². The molecule has 0 saturated heterocycles. The lowest BCUT2D eigenvalue weighted by Crippen LogP contribution is -1.98. The van der Waals surface area contributed by atoms with E-state index in [9.17, 15) is 9.59 Å². The topological polar surface area (TPSA) is 106 Å². The molecular weight excluding hydrogens is 580 g/mol. The van der Waals surface area contributed by atoms with Crippen LogP contribution in [-0.4, -0.2) is 29.1 Å². The summed E-state index contributed by atoms with van der Waals surface area (Å²) in [6, 6.07) is 37.0. The van der Waals surface area contributed by atoms with Gasteiger partial charge in [-0.2, -0.15) is 5.26 Å². The second kappa shape index (κ2) is 12.3. The summed E-state index contributed by atoms with van der Waals surface area (Å²) < 4.78 is 0. The highest BCUT2D eigenvalue weighted by Gasteiger charge is 2.36. The van der Waals surface area contributed by atoms with Gasteiger partial charge in [-0.05, 0) is 76.4 Å². The minimum Gasteiger partial charge on any atom is -0.267 e. The Kier molecular flexibility index (Phi) is 7.67. The highest BCUT2D eigenvalue weighted by molar-refractivity contribution is 6.50. The molecule has 2 heterocycles. The number of allylic oxidation sites excluding steroid dienone is 2. The van der Waals surface area contributed by atoms with Crippen molar-refractivity contribution in [3.63, 3.8) is 0 Å². The van der Waals surface area contributed by atoms with Crippen LogP contribution in [0.25, 0.3) is 32.7 Å². The molecule has 6 heteroatoms. The molecule has 2 amide bonds. The Hall–Kier alpha value is -6.28. The fraction of sp³-hybridized carbons (Fsp3) is 0.0976. The average molecular weight is 609 g/mol. The smallest absolute Gasteiger partial charge is 0.267 e. The van der Waals surface area contributed by atoms with E-state index in [1.165, 1.54) is 21.9 Å². The standard InChI is InChI=1S/C24H19NO.C15H6N2O.C2H3N/c26-24-20(13-5-4-10-16-8-2-1-3-9-16)22-18-14-6-11-17-12-7-15-19(21(17)18)23(22)25-24;16-7-11-13-9-5-1-3-8-4-2-6-10(12(8)9)14(13)17-15(11)18;1-2-3/h1-3,6-9,11-12,14-15H,4-5,10,13H2;1-6H;3H,1H2. The maximum Gasteiger partial charge on any atom is 0.288 e. The van der Waals surface area contributed by atoms with E-state index in [-0.39, 0.29) is 11.5 Å². The fourth-order valence-electron chi connectivity index (χ4n) is 6.96.